The molecule has 0 aromatic carbocycles. The molecule has 2 rings (SSSR count). The fourth-order valence-electron chi connectivity index (χ4n) is 3.36. The average Bonchev–Trinajstić information content (AvgIpc) is 3.35. The van der Waals surface area contributed by atoms with E-state index in [0.717, 1.165) is 57.3 Å². The molecule has 162 valence electrons. The van der Waals surface area contributed by atoms with Gasteiger partial charge in [-0.15, -0.1) is 21.5 Å². The molecular weight excluding hydrogens is 382 g/mol. The molecule has 0 aliphatic carbocycles. The fraction of sp³-hybridized carbons (Fsp3) is 0.667. The van der Waals surface area contributed by atoms with Crippen LogP contribution in [0.5, 0.6) is 0 Å². The molecule has 0 aliphatic rings. The van der Waals surface area contributed by atoms with Crippen molar-refractivity contribution in [1.29, 1.82) is 0 Å². The molecule has 2 aromatic heterocycles. The number of aromatic nitrogens is 3. The van der Waals surface area contributed by atoms with Gasteiger partial charge in [-0.1, -0.05) is 13.0 Å². The van der Waals surface area contributed by atoms with E-state index in [0.29, 0.717) is 12.1 Å². The third-order valence-electron chi connectivity index (χ3n) is 4.86. The number of hydrogen-bond donors (Lipinski definition) is 2. The highest BCUT2D eigenvalue weighted by Gasteiger charge is 2.12. The van der Waals surface area contributed by atoms with Crippen molar-refractivity contribution >= 4 is 17.3 Å². The molecule has 0 spiro atoms. The van der Waals surface area contributed by atoms with Gasteiger partial charge in [-0.25, -0.2) is 0 Å². The van der Waals surface area contributed by atoms with Crippen molar-refractivity contribution in [3.63, 3.8) is 0 Å². The zero-order valence-corrected chi connectivity index (χ0v) is 19.4. The van der Waals surface area contributed by atoms with Gasteiger partial charge in [0.2, 0.25) is 0 Å². The molecule has 0 radical (unpaired) electrons. The van der Waals surface area contributed by atoms with E-state index in [-0.39, 0.29) is 0 Å². The first-order valence-corrected chi connectivity index (χ1v) is 11.6. The lowest BCUT2D eigenvalue weighted by atomic mass is 10.2. The van der Waals surface area contributed by atoms with E-state index in [2.05, 4.69) is 82.4 Å². The summed E-state index contributed by atoms with van der Waals surface area (Å²) in [6.07, 6.45) is 3.69. The molecule has 0 saturated carbocycles. The number of nitrogens with one attached hydrogen (secondary N) is 2. The van der Waals surface area contributed by atoms with Crippen LogP contribution >= 0.6 is 11.3 Å². The quantitative estimate of drug-likeness (QED) is 0.409. The third kappa shape index (κ3) is 8.14. The van der Waals surface area contributed by atoms with E-state index >= 15 is 0 Å². The SMILES string of the molecule is CCc1nncn1CCNC(=NCCN(C(C)C)C(C)C)NCCc1cccs1. The van der Waals surface area contributed by atoms with E-state index in [1.54, 1.807) is 17.7 Å². The minimum absolute atomic E-state index is 0.523. The highest BCUT2D eigenvalue weighted by Crippen LogP contribution is 2.08. The van der Waals surface area contributed by atoms with Crippen molar-refractivity contribution in [2.24, 2.45) is 4.99 Å². The van der Waals surface area contributed by atoms with Gasteiger partial charge in [-0.05, 0) is 45.6 Å². The van der Waals surface area contributed by atoms with E-state index < -0.39 is 0 Å². The second kappa shape index (κ2) is 12.6. The van der Waals surface area contributed by atoms with Gasteiger partial charge in [0.15, 0.2) is 5.96 Å². The fourth-order valence-corrected chi connectivity index (χ4v) is 4.07. The summed E-state index contributed by atoms with van der Waals surface area (Å²) in [7, 11) is 0. The number of aryl methyl sites for hydroxylation is 1. The maximum Gasteiger partial charge on any atom is 0.191 e. The topological polar surface area (TPSA) is 70.4 Å². The van der Waals surface area contributed by atoms with Crippen molar-refractivity contribution < 1.29 is 0 Å². The molecule has 0 fully saturated rings. The highest BCUT2D eigenvalue weighted by molar-refractivity contribution is 7.09. The van der Waals surface area contributed by atoms with Crippen LogP contribution in [0.4, 0.5) is 0 Å². The maximum atomic E-state index is 4.82. The predicted octanol–water partition coefficient (Wildman–Crippen LogP) is 2.80. The van der Waals surface area contributed by atoms with Crippen LogP contribution in [0, 0.1) is 0 Å². The number of thiophene rings is 1. The molecule has 2 aromatic rings. The molecule has 0 atom stereocenters. The van der Waals surface area contributed by atoms with Crippen LogP contribution in [0.3, 0.4) is 0 Å². The van der Waals surface area contributed by atoms with Crippen LogP contribution in [0.1, 0.15) is 45.3 Å². The lowest BCUT2D eigenvalue weighted by Crippen LogP contribution is -2.42. The summed E-state index contributed by atoms with van der Waals surface area (Å²) in [6, 6.07) is 5.33. The molecule has 0 bridgehead atoms. The number of guanidine groups is 1. The van der Waals surface area contributed by atoms with E-state index in [1.165, 1.54) is 4.88 Å². The molecule has 0 amide bonds. The highest BCUT2D eigenvalue weighted by atomic mass is 32.1. The first-order valence-electron chi connectivity index (χ1n) is 10.7. The Morgan fingerprint density at radius 1 is 1.21 bits per heavy atom. The zero-order valence-electron chi connectivity index (χ0n) is 18.6. The predicted molar refractivity (Wildman–Crippen MR) is 123 cm³/mol. The smallest absolute Gasteiger partial charge is 0.191 e. The summed E-state index contributed by atoms with van der Waals surface area (Å²) in [5.74, 6) is 1.89. The Hall–Kier alpha value is -1.93. The van der Waals surface area contributed by atoms with Gasteiger partial charge in [-0.3, -0.25) is 9.89 Å². The molecule has 2 heterocycles. The van der Waals surface area contributed by atoms with Gasteiger partial charge in [0.25, 0.3) is 0 Å². The Kier molecular flexibility index (Phi) is 10.1. The standard InChI is InChI=1S/C21H37N7S/c1-6-20-26-25-16-27(20)13-11-23-21(22-10-9-19-8-7-15-29-19)24-12-14-28(17(2)3)18(4)5/h7-8,15-18H,6,9-14H2,1-5H3,(H2,22,23,24). The van der Waals surface area contributed by atoms with Crippen LogP contribution in [0.2, 0.25) is 0 Å². The van der Waals surface area contributed by atoms with Crippen LogP contribution < -0.4 is 10.6 Å². The lowest BCUT2D eigenvalue weighted by Gasteiger charge is -2.29. The van der Waals surface area contributed by atoms with E-state index in [1.807, 2.05) is 0 Å². The summed E-state index contributed by atoms with van der Waals surface area (Å²) in [6.45, 7) is 15.3. The van der Waals surface area contributed by atoms with Crippen molar-refractivity contribution in [1.82, 2.24) is 30.3 Å². The second-order valence-electron chi connectivity index (χ2n) is 7.63. The van der Waals surface area contributed by atoms with E-state index in [9.17, 15) is 0 Å². The Balaban J connectivity index is 1.88. The summed E-state index contributed by atoms with van der Waals surface area (Å²) < 4.78 is 2.09. The molecule has 7 nitrogen and oxygen atoms in total. The molecule has 0 unspecified atom stereocenters. The largest absolute Gasteiger partial charge is 0.356 e. The van der Waals surface area contributed by atoms with E-state index in [4.69, 9.17) is 4.99 Å². The van der Waals surface area contributed by atoms with Crippen LogP contribution in [0.15, 0.2) is 28.8 Å². The first kappa shape index (κ1) is 23.3. The van der Waals surface area contributed by atoms with Crippen LogP contribution in [-0.2, 0) is 19.4 Å². The normalized spacial score (nSPS) is 12.3. The molecule has 0 aliphatic heterocycles. The van der Waals surface area contributed by atoms with Gasteiger partial charge < -0.3 is 15.2 Å². The molecule has 8 heteroatoms. The number of hydrogen-bond acceptors (Lipinski definition) is 5. The Bertz CT molecular complexity index is 698. The molecule has 2 N–H and O–H groups in total. The summed E-state index contributed by atoms with van der Waals surface area (Å²) in [5.41, 5.74) is 0. The van der Waals surface area contributed by atoms with Crippen molar-refractivity contribution in [3.05, 3.63) is 34.5 Å². The minimum Gasteiger partial charge on any atom is -0.356 e. The van der Waals surface area contributed by atoms with Crippen molar-refractivity contribution in [2.45, 2.75) is 66.1 Å². The maximum absolute atomic E-state index is 4.82. The van der Waals surface area contributed by atoms with Gasteiger partial charge in [-0.2, -0.15) is 0 Å². The Morgan fingerprint density at radius 2 is 1.97 bits per heavy atom. The van der Waals surface area contributed by atoms with Gasteiger partial charge in [0, 0.05) is 49.6 Å². The van der Waals surface area contributed by atoms with Gasteiger partial charge in [0.1, 0.15) is 12.2 Å². The van der Waals surface area contributed by atoms with Gasteiger partial charge in [0.05, 0.1) is 6.54 Å². The van der Waals surface area contributed by atoms with Crippen LogP contribution in [-0.4, -0.2) is 63.9 Å². The molecular formula is C21H37N7S. The molecule has 0 saturated heterocycles. The summed E-state index contributed by atoms with van der Waals surface area (Å²) in [5, 5.41) is 17.2. The summed E-state index contributed by atoms with van der Waals surface area (Å²) >= 11 is 1.80. The van der Waals surface area contributed by atoms with Crippen LogP contribution in [0.25, 0.3) is 0 Å². The minimum atomic E-state index is 0.523. The van der Waals surface area contributed by atoms with Crippen molar-refractivity contribution in [3.8, 4) is 0 Å². The number of rotatable bonds is 12. The Morgan fingerprint density at radius 3 is 2.62 bits per heavy atom. The lowest BCUT2D eigenvalue weighted by molar-refractivity contribution is 0.181. The Labute approximate surface area is 179 Å². The number of aliphatic imine (C=N–C) groups is 1. The average molecular weight is 420 g/mol. The van der Waals surface area contributed by atoms with Gasteiger partial charge >= 0.3 is 0 Å². The second-order valence-corrected chi connectivity index (χ2v) is 8.66. The zero-order chi connectivity index (χ0) is 21.1. The first-order chi connectivity index (χ1) is 14.0. The van der Waals surface area contributed by atoms with Crippen molar-refractivity contribution in [2.75, 3.05) is 26.2 Å². The molecule has 29 heavy (non-hydrogen) atoms. The number of nitrogens with zero attached hydrogens (tertiary/aromatic N) is 5. The third-order valence-corrected chi connectivity index (χ3v) is 5.79. The monoisotopic (exact) mass is 419 g/mol. The summed E-state index contributed by atoms with van der Waals surface area (Å²) in [4.78, 5) is 8.68.